The number of sulfonamides is 1. The quantitative estimate of drug-likeness (QED) is 0.604. The summed E-state index contributed by atoms with van der Waals surface area (Å²) in [6.07, 6.45) is 0. The van der Waals surface area contributed by atoms with Crippen LogP contribution in [-0.2, 0) is 19.6 Å². The van der Waals surface area contributed by atoms with Gasteiger partial charge in [-0.15, -0.1) is 0 Å². The van der Waals surface area contributed by atoms with Gasteiger partial charge in [0.05, 0.1) is 18.6 Å². The normalized spacial score (nSPS) is 17.0. The van der Waals surface area contributed by atoms with Gasteiger partial charge >= 0.3 is 0 Å². The molecule has 28 heavy (non-hydrogen) atoms. The van der Waals surface area contributed by atoms with Crippen molar-refractivity contribution in [3.05, 3.63) is 24.3 Å². The van der Waals surface area contributed by atoms with Crippen molar-refractivity contribution in [3.8, 4) is 5.75 Å². The Morgan fingerprint density at radius 2 is 1.75 bits per heavy atom. The minimum atomic E-state index is -3.58. The monoisotopic (exact) mass is 412 g/mol. The Bertz CT molecular complexity index is 774. The van der Waals surface area contributed by atoms with Gasteiger partial charge in [0.2, 0.25) is 21.8 Å². The van der Waals surface area contributed by atoms with E-state index in [0.717, 1.165) is 0 Å². The van der Waals surface area contributed by atoms with Crippen LogP contribution in [0.1, 0.15) is 13.8 Å². The van der Waals surface area contributed by atoms with E-state index in [0.29, 0.717) is 38.5 Å². The van der Waals surface area contributed by atoms with E-state index in [1.165, 1.54) is 23.5 Å². The summed E-state index contributed by atoms with van der Waals surface area (Å²) in [5.41, 5.74) is 0. The SMILES string of the molecule is CCNC(=O)[C@H](C)NC(=O)CN1CCN(S(=O)(=O)c2ccc(OC)cc2)CC1. The second-order valence-electron chi connectivity index (χ2n) is 6.54. The number of carbonyl (C=O) groups is 2. The number of nitrogens with zero attached hydrogens (tertiary/aromatic N) is 2. The Kier molecular flexibility index (Phi) is 7.78. The van der Waals surface area contributed by atoms with Crippen LogP contribution >= 0.6 is 0 Å². The van der Waals surface area contributed by atoms with Crippen LogP contribution in [0.3, 0.4) is 0 Å². The van der Waals surface area contributed by atoms with Crippen LogP contribution in [0.5, 0.6) is 5.75 Å². The van der Waals surface area contributed by atoms with E-state index in [1.807, 2.05) is 11.8 Å². The van der Waals surface area contributed by atoms with Crippen molar-refractivity contribution < 1.29 is 22.7 Å². The average molecular weight is 413 g/mol. The summed E-state index contributed by atoms with van der Waals surface area (Å²) in [4.78, 5) is 25.9. The molecular formula is C18H28N4O5S. The Morgan fingerprint density at radius 3 is 2.29 bits per heavy atom. The van der Waals surface area contributed by atoms with Crippen molar-refractivity contribution in [2.45, 2.75) is 24.8 Å². The fourth-order valence-corrected chi connectivity index (χ4v) is 4.33. The molecule has 0 spiro atoms. The van der Waals surface area contributed by atoms with Crippen LogP contribution in [0.4, 0.5) is 0 Å². The van der Waals surface area contributed by atoms with Gasteiger partial charge in [-0.1, -0.05) is 0 Å². The highest BCUT2D eigenvalue weighted by atomic mass is 32.2. The summed E-state index contributed by atoms with van der Waals surface area (Å²) in [7, 11) is -2.05. The lowest BCUT2D eigenvalue weighted by molar-refractivity contribution is -0.129. The van der Waals surface area contributed by atoms with E-state index in [9.17, 15) is 18.0 Å². The van der Waals surface area contributed by atoms with E-state index >= 15 is 0 Å². The van der Waals surface area contributed by atoms with Gasteiger partial charge < -0.3 is 15.4 Å². The number of nitrogens with one attached hydrogen (secondary N) is 2. The number of carbonyl (C=O) groups excluding carboxylic acids is 2. The second kappa shape index (κ2) is 9.85. The maximum absolute atomic E-state index is 12.7. The van der Waals surface area contributed by atoms with E-state index in [4.69, 9.17) is 4.74 Å². The maximum atomic E-state index is 12.7. The van der Waals surface area contributed by atoms with Crippen LogP contribution in [0.25, 0.3) is 0 Å². The zero-order valence-electron chi connectivity index (χ0n) is 16.5. The molecule has 0 radical (unpaired) electrons. The molecule has 0 unspecified atom stereocenters. The molecule has 1 saturated heterocycles. The van der Waals surface area contributed by atoms with Crippen LogP contribution in [0.15, 0.2) is 29.2 Å². The van der Waals surface area contributed by atoms with Gasteiger partial charge in [-0.05, 0) is 38.1 Å². The summed E-state index contributed by atoms with van der Waals surface area (Å²) in [5.74, 6) is 0.105. The molecular weight excluding hydrogens is 384 g/mol. The number of benzene rings is 1. The van der Waals surface area contributed by atoms with Gasteiger partial charge in [-0.25, -0.2) is 8.42 Å². The number of ether oxygens (including phenoxy) is 1. The highest BCUT2D eigenvalue weighted by molar-refractivity contribution is 7.89. The number of rotatable bonds is 8. The first-order valence-electron chi connectivity index (χ1n) is 9.21. The molecule has 1 heterocycles. The lowest BCUT2D eigenvalue weighted by atomic mass is 10.3. The number of methoxy groups -OCH3 is 1. The summed E-state index contributed by atoms with van der Waals surface area (Å²) >= 11 is 0. The molecule has 10 heteroatoms. The zero-order chi connectivity index (χ0) is 20.7. The molecule has 9 nitrogen and oxygen atoms in total. The molecule has 0 saturated carbocycles. The summed E-state index contributed by atoms with van der Waals surface area (Å²) in [6, 6.07) is 5.67. The zero-order valence-corrected chi connectivity index (χ0v) is 17.3. The topological polar surface area (TPSA) is 108 Å². The molecule has 0 aliphatic carbocycles. The van der Waals surface area contributed by atoms with Gasteiger partial charge in [0.25, 0.3) is 0 Å². The number of piperazine rings is 1. The van der Waals surface area contributed by atoms with Gasteiger partial charge in [0.15, 0.2) is 0 Å². The molecule has 2 rings (SSSR count). The Morgan fingerprint density at radius 1 is 1.14 bits per heavy atom. The predicted molar refractivity (Wildman–Crippen MR) is 104 cm³/mol. The Labute approximate surface area is 166 Å². The third-order valence-corrected chi connectivity index (χ3v) is 6.43. The molecule has 1 aromatic rings. The minimum Gasteiger partial charge on any atom is -0.497 e. The van der Waals surface area contributed by atoms with Crippen molar-refractivity contribution in [1.82, 2.24) is 19.8 Å². The van der Waals surface area contributed by atoms with Crippen molar-refractivity contribution >= 4 is 21.8 Å². The van der Waals surface area contributed by atoms with Crippen molar-refractivity contribution in [3.63, 3.8) is 0 Å². The molecule has 1 aliphatic rings. The first-order chi connectivity index (χ1) is 13.3. The third-order valence-electron chi connectivity index (χ3n) is 4.52. The molecule has 0 aromatic heterocycles. The van der Waals surface area contributed by atoms with E-state index in [1.54, 1.807) is 19.1 Å². The molecule has 156 valence electrons. The highest BCUT2D eigenvalue weighted by Gasteiger charge is 2.29. The third kappa shape index (κ3) is 5.66. The van der Waals surface area contributed by atoms with E-state index in [-0.39, 0.29) is 23.3 Å². The summed E-state index contributed by atoms with van der Waals surface area (Å²) in [5, 5.41) is 5.30. The molecule has 2 amide bonds. The van der Waals surface area contributed by atoms with E-state index in [2.05, 4.69) is 10.6 Å². The first kappa shape index (κ1) is 22.1. The number of amides is 2. The Balaban J connectivity index is 1.86. The Hall–Kier alpha value is -2.17. The average Bonchev–Trinajstić information content (AvgIpc) is 2.68. The number of likely N-dealkylation sites (N-methyl/N-ethyl adjacent to an activating group) is 1. The standard InChI is InChI=1S/C18H28N4O5S/c1-4-19-18(24)14(2)20-17(23)13-21-9-11-22(12-10-21)28(25,26)16-7-5-15(27-3)6-8-16/h5-8,14H,4,9-13H2,1-3H3,(H,19,24)(H,20,23)/t14-/m0/s1. The molecule has 2 N–H and O–H groups in total. The molecule has 1 aliphatic heterocycles. The molecule has 0 bridgehead atoms. The summed E-state index contributed by atoms with van der Waals surface area (Å²) < 4.78 is 32.0. The lowest BCUT2D eigenvalue weighted by Gasteiger charge is -2.33. The molecule has 1 fully saturated rings. The second-order valence-corrected chi connectivity index (χ2v) is 8.48. The van der Waals surface area contributed by atoms with Gasteiger partial charge in [0, 0.05) is 32.7 Å². The highest BCUT2D eigenvalue weighted by Crippen LogP contribution is 2.20. The number of hydrogen-bond donors (Lipinski definition) is 2. The number of hydrogen-bond acceptors (Lipinski definition) is 6. The van der Waals surface area contributed by atoms with Crippen LogP contribution < -0.4 is 15.4 Å². The minimum absolute atomic E-state index is 0.125. The fraction of sp³-hybridized carbons (Fsp3) is 0.556. The van der Waals surface area contributed by atoms with Crippen LogP contribution in [0.2, 0.25) is 0 Å². The van der Waals surface area contributed by atoms with E-state index < -0.39 is 16.1 Å². The molecule has 1 atom stereocenters. The smallest absolute Gasteiger partial charge is 0.243 e. The molecule has 1 aromatic carbocycles. The van der Waals surface area contributed by atoms with Gasteiger partial charge in [-0.3, -0.25) is 14.5 Å². The lowest BCUT2D eigenvalue weighted by Crippen LogP contribution is -2.53. The van der Waals surface area contributed by atoms with Crippen molar-refractivity contribution in [1.29, 1.82) is 0 Å². The van der Waals surface area contributed by atoms with Crippen LogP contribution in [0, 0.1) is 0 Å². The summed E-state index contributed by atoms with van der Waals surface area (Å²) in [6.45, 7) is 5.55. The van der Waals surface area contributed by atoms with Gasteiger partial charge in [0.1, 0.15) is 11.8 Å². The predicted octanol–water partition coefficient (Wildman–Crippen LogP) is -0.358. The first-order valence-corrected chi connectivity index (χ1v) is 10.7. The van der Waals surface area contributed by atoms with Crippen LogP contribution in [-0.4, -0.2) is 81.9 Å². The largest absolute Gasteiger partial charge is 0.497 e. The maximum Gasteiger partial charge on any atom is 0.243 e. The van der Waals surface area contributed by atoms with Gasteiger partial charge in [-0.2, -0.15) is 4.31 Å². The van der Waals surface area contributed by atoms with Crippen molar-refractivity contribution in [2.75, 3.05) is 46.4 Å². The van der Waals surface area contributed by atoms with Crippen molar-refractivity contribution in [2.24, 2.45) is 0 Å². The fourth-order valence-electron chi connectivity index (χ4n) is 2.91.